The van der Waals surface area contributed by atoms with E-state index >= 15 is 0 Å². The van der Waals surface area contributed by atoms with Crippen LogP contribution < -0.4 is 20.3 Å². The molecule has 0 aliphatic carbocycles. The normalized spacial score (nSPS) is 12.3. The Morgan fingerprint density at radius 3 is 2.80 bits per heavy atom. The highest BCUT2D eigenvalue weighted by molar-refractivity contribution is 7.15. The van der Waals surface area contributed by atoms with Crippen molar-refractivity contribution in [2.24, 2.45) is 0 Å². The Kier molecular flexibility index (Phi) is 4.48. The first-order valence-corrected chi connectivity index (χ1v) is 10.2. The zero-order chi connectivity index (χ0) is 20.7. The molecule has 1 amide bonds. The molecule has 2 aromatic heterocycles. The molecular formula is C22H17N3O4S. The third-order valence-corrected chi connectivity index (χ3v) is 5.77. The summed E-state index contributed by atoms with van der Waals surface area (Å²) in [6.07, 6.45) is 1.34. The van der Waals surface area contributed by atoms with Crippen LogP contribution in [0.5, 0.6) is 11.5 Å². The minimum atomic E-state index is -0.472. The maximum absolute atomic E-state index is 13.1. The smallest absolute Gasteiger partial charge is 0.271 e. The lowest BCUT2D eigenvalue weighted by molar-refractivity contribution is 0.0949. The van der Waals surface area contributed by atoms with Crippen LogP contribution in [0.25, 0.3) is 16.2 Å². The average molecular weight is 419 g/mol. The van der Waals surface area contributed by atoms with Crippen molar-refractivity contribution in [3.05, 3.63) is 81.1 Å². The quantitative estimate of drug-likeness (QED) is 0.548. The van der Waals surface area contributed by atoms with Gasteiger partial charge in [-0.1, -0.05) is 35.9 Å². The zero-order valence-corrected chi connectivity index (χ0v) is 16.9. The molecule has 7 nitrogen and oxygen atoms in total. The molecule has 4 aromatic rings. The van der Waals surface area contributed by atoms with Crippen molar-refractivity contribution in [1.29, 1.82) is 0 Å². The van der Waals surface area contributed by atoms with Crippen LogP contribution in [0.1, 0.15) is 21.5 Å². The fraction of sp³-hybridized carbons (Fsp3) is 0.136. The summed E-state index contributed by atoms with van der Waals surface area (Å²) in [6, 6.07) is 13.3. The average Bonchev–Trinajstić information content (AvgIpc) is 3.40. The molecule has 0 bridgehead atoms. The van der Waals surface area contributed by atoms with Crippen molar-refractivity contribution >= 4 is 22.2 Å². The number of amides is 1. The Bertz CT molecular complexity index is 1320. The molecule has 8 heteroatoms. The van der Waals surface area contributed by atoms with Crippen LogP contribution in [0.15, 0.2) is 58.8 Å². The number of nitrogens with one attached hydrogen (secondary N) is 1. The molecule has 30 heavy (non-hydrogen) atoms. The number of fused-ring (bicyclic) bond motifs is 2. The molecule has 1 aliphatic heterocycles. The molecule has 0 saturated heterocycles. The third-order valence-electron chi connectivity index (χ3n) is 4.93. The van der Waals surface area contributed by atoms with Crippen LogP contribution in [-0.4, -0.2) is 22.1 Å². The van der Waals surface area contributed by atoms with Crippen LogP contribution in [0, 0.1) is 6.92 Å². The number of thiazole rings is 1. The topological polar surface area (TPSA) is 81.9 Å². The first-order valence-electron chi connectivity index (χ1n) is 9.33. The van der Waals surface area contributed by atoms with Gasteiger partial charge in [0.25, 0.3) is 11.5 Å². The van der Waals surface area contributed by atoms with Crippen LogP contribution in [-0.2, 0) is 6.54 Å². The molecule has 2 aromatic carbocycles. The first-order chi connectivity index (χ1) is 14.6. The first kappa shape index (κ1) is 18.4. The van der Waals surface area contributed by atoms with Crippen LogP contribution >= 0.6 is 11.3 Å². The zero-order valence-electron chi connectivity index (χ0n) is 16.0. The summed E-state index contributed by atoms with van der Waals surface area (Å²) >= 11 is 1.36. The molecule has 150 valence electrons. The van der Waals surface area contributed by atoms with E-state index in [1.54, 1.807) is 6.07 Å². The van der Waals surface area contributed by atoms with Crippen molar-refractivity contribution in [3.8, 4) is 22.8 Å². The molecule has 0 saturated carbocycles. The summed E-state index contributed by atoms with van der Waals surface area (Å²) in [4.78, 5) is 30.7. The maximum Gasteiger partial charge on any atom is 0.271 e. The van der Waals surface area contributed by atoms with Crippen LogP contribution in [0.4, 0.5) is 0 Å². The van der Waals surface area contributed by atoms with E-state index in [1.165, 1.54) is 21.9 Å². The molecule has 3 heterocycles. The summed E-state index contributed by atoms with van der Waals surface area (Å²) < 4.78 is 12.1. The van der Waals surface area contributed by atoms with Crippen molar-refractivity contribution in [2.75, 3.05) is 6.79 Å². The lowest BCUT2D eigenvalue weighted by Crippen LogP contribution is -2.31. The fourth-order valence-corrected chi connectivity index (χ4v) is 4.16. The minimum Gasteiger partial charge on any atom is -0.454 e. The van der Waals surface area contributed by atoms with Gasteiger partial charge in [0, 0.05) is 18.1 Å². The van der Waals surface area contributed by atoms with Crippen LogP contribution in [0.2, 0.25) is 0 Å². The van der Waals surface area contributed by atoms with Gasteiger partial charge in [-0.25, -0.2) is 4.98 Å². The van der Waals surface area contributed by atoms with Gasteiger partial charge in [-0.3, -0.25) is 14.0 Å². The summed E-state index contributed by atoms with van der Waals surface area (Å²) in [6.45, 7) is 2.45. The van der Waals surface area contributed by atoms with E-state index in [0.717, 1.165) is 22.4 Å². The predicted molar refractivity (Wildman–Crippen MR) is 113 cm³/mol. The van der Waals surface area contributed by atoms with Gasteiger partial charge in [0.15, 0.2) is 16.5 Å². The number of aryl methyl sites for hydroxylation is 1. The van der Waals surface area contributed by atoms with E-state index in [0.29, 0.717) is 16.5 Å². The number of aromatic nitrogens is 2. The van der Waals surface area contributed by atoms with E-state index in [-0.39, 0.29) is 24.5 Å². The Morgan fingerprint density at radius 2 is 1.97 bits per heavy atom. The second-order valence-corrected chi connectivity index (χ2v) is 7.79. The summed E-state index contributed by atoms with van der Waals surface area (Å²) in [7, 11) is 0. The number of hydrogen-bond acceptors (Lipinski definition) is 6. The van der Waals surface area contributed by atoms with Crippen molar-refractivity contribution in [1.82, 2.24) is 14.7 Å². The van der Waals surface area contributed by atoms with E-state index in [1.807, 2.05) is 48.7 Å². The molecule has 0 radical (unpaired) electrons. The Morgan fingerprint density at radius 1 is 1.17 bits per heavy atom. The van der Waals surface area contributed by atoms with Gasteiger partial charge in [0.2, 0.25) is 6.79 Å². The minimum absolute atomic E-state index is 0.00000465. The molecule has 0 unspecified atom stereocenters. The highest BCUT2D eigenvalue weighted by atomic mass is 32.1. The molecule has 0 spiro atoms. The van der Waals surface area contributed by atoms with E-state index in [9.17, 15) is 9.59 Å². The largest absolute Gasteiger partial charge is 0.454 e. The van der Waals surface area contributed by atoms with Gasteiger partial charge in [-0.15, -0.1) is 11.3 Å². The highest BCUT2D eigenvalue weighted by Crippen LogP contribution is 2.32. The second kappa shape index (κ2) is 7.31. The molecule has 5 rings (SSSR count). The number of benzene rings is 2. The standard InChI is InChI=1S/C22H17N3O4S/c1-13-2-5-15(6-3-13)17-11-30-22-24-10-16(21(27)25(17)22)20(26)23-9-14-4-7-18-19(8-14)29-12-28-18/h2-8,10-11H,9,12H2,1H3,(H,23,26). The fourth-order valence-electron chi connectivity index (χ4n) is 3.30. The van der Waals surface area contributed by atoms with Crippen molar-refractivity contribution in [2.45, 2.75) is 13.5 Å². The van der Waals surface area contributed by atoms with Crippen LogP contribution in [0.3, 0.4) is 0 Å². The molecule has 1 N–H and O–H groups in total. The maximum atomic E-state index is 13.1. The number of hydrogen-bond donors (Lipinski definition) is 1. The SMILES string of the molecule is Cc1ccc(-c2csc3ncc(C(=O)NCc4ccc5c(c4)OCO5)c(=O)n23)cc1. The molecule has 0 fully saturated rings. The van der Waals surface area contributed by atoms with Gasteiger partial charge in [0.1, 0.15) is 5.56 Å². The van der Waals surface area contributed by atoms with E-state index in [4.69, 9.17) is 9.47 Å². The Labute approximate surface area is 175 Å². The lowest BCUT2D eigenvalue weighted by atomic mass is 10.1. The Balaban J connectivity index is 1.43. The van der Waals surface area contributed by atoms with E-state index < -0.39 is 5.91 Å². The number of nitrogens with zero attached hydrogens (tertiary/aromatic N) is 2. The van der Waals surface area contributed by atoms with Gasteiger partial charge in [-0.2, -0.15) is 0 Å². The molecule has 0 atom stereocenters. The van der Waals surface area contributed by atoms with Gasteiger partial charge in [-0.05, 0) is 30.2 Å². The third kappa shape index (κ3) is 3.21. The number of ether oxygens (including phenoxy) is 2. The Hall–Kier alpha value is -3.65. The summed E-state index contributed by atoms with van der Waals surface area (Å²) in [5, 5.41) is 4.66. The summed E-state index contributed by atoms with van der Waals surface area (Å²) in [5.41, 5.74) is 3.21. The number of carbonyl (C=O) groups is 1. The lowest BCUT2D eigenvalue weighted by Gasteiger charge is -2.07. The van der Waals surface area contributed by atoms with E-state index in [2.05, 4.69) is 10.3 Å². The monoisotopic (exact) mass is 419 g/mol. The van der Waals surface area contributed by atoms with Gasteiger partial charge < -0.3 is 14.8 Å². The number of rotatable bonds is 4. The predicted octanol–water partition coefficient (Wildman–Crippen LogP) is 3.39. The second-order valence-electron chi connectivity index (χ2n) is 6.95. The molecular weight excluding hydrogens is 402 g/mol. The van der Waals surface area contributed by atoms with Gasteiger partial charge in [0.05, 0.1) is 5.69 Å². The van der Waals surface area contributed by atoms with Crippen molar-refractivity contribution in [3.63, 3.8) is 0 Å². The number of carbonyl (C=O) groups excluding carboxylic acids is 1. The molecule has 1 aliphatic rings. The summed E-state index contributed by atoms with van der Waals surface area (Å²) in [5.74, 6) is 0.852. The van der Waals surface area contributed by atoms with Gasteiger partial charge >= 0.3 is 0 Å². The van der Waals surface area contributed by atoms with Crippen molar-refractivity contribution < 1.29 is 14.3 Å². The highest BCUT2D eigenvalue weighted by Gasteiger charge is 2.18.